The second kappa shape index (κ2) is 5.83. The van der Waals surface area contributed by atoms with Gasteiger partial charge in [-0.15, -0.1) is 0 Å². The van der Waals surface area contributed by atoms with Crippen LogP contribution in [0.15, 0.2) is 0 Å². The quantitative estimate of drug-likeness (QED) is 0.827. The molecule has 0 spiro atoms. The number of aromatic nitrogens is 1. The van der Waals surface area contributed by atoms with Gasteiger partial charge in [-0.3, -0.25) is 0 Å². The summed E-state index contributed by atoms with van der Waals surface area (Å²) >= 11 is 3.08. The van der Waals surface area contributed by atoms with Crippen LogP contribution in [0.3, 0.4) is 0 Å². The molecule has 0 bridgehead atoms. The van der Waals surface area contributed by atoms with Crippen molar-refractivity contribution in [1.29, 1.82) is 5.26 Å². The van der Waals surface area contributed by atoms with E-state index in [0.29, 0.717) is 16.6 Å². The molecule has 1 aromatic heterocycles. The van der Waals surface area contributed by atoms with Crippen LogP contribution >= 0.6 is 23.3 Å². The Bertz CT molecular complexity index is 355. The minimum Gasteiger partial charge on any atom is -0.382 e. The van der Waals surface area contributed by atoms with Gasteiger partial charge >= 0.3 is 0 Å². The van der Waals surface area contributed by atoms with Crippen molar-refractivity contribution in [2.45, 2.75) is 18.6 Å². The van der Waals surface area contributed by atoms with Gasteiger partial charge in [0.15, 0.2) is 5.82 Å². The van der Waals surface area contributed by atoms with Crippen LogP contribution in [0.4, 0.5) is 10.8 Å². The fourth-order valence-corrected chi connectivity index (χ4v) is 2.08. The number of nitriles is 1. The van der Waals surface area contributed by atoms with E-state index in [1.165, 1.54) is 11.5 Å². The molecule has 6 heteroatoms. The molecule has 0 aromatic carbocycles. The number of nitrogens with zero attached hydrogens (tertiary/aromatic N) is 2. The van der Waals surface area contributed by atoms with Crippen LogP contribution in [-0.4, -0.2) is 22.4 Å². The maximum Gasteiger partial charge on any atom is 0.157 e. The summed E-state index contributed by atoms with van der Waals surface area (Å²) in [6.07, 6.45) is 3.15. The highest BCUT2D eigenvalue weighted by Crippen LogP contribution is 2.25. The van der Waals surface area contributed by atoms with Crippen LogP contribution in [-0.2, 0) is 0 Å². The van der Waals surface area contributed by atoms with E-state index in [4.69, 9.17) is 11.0 Å². The van der Waals surface area contributed by atoms with Crippen LogP contribution in [0, 0.1) is 11.3 Å². The van der Waals surface area contributed by atoms with Gasteiger partial charge in [0.25, 0.3) is 0 Å². The summed E-state index contributed by atoms with van der Waals surface area (Å²) in [6, 6.07) is 2.05. The van der Waals surface area contributed by atoms with E-state index in [9.17, 15) is 0 Å². The number of nitrogens with two attached hydrogens (primary N) is 1. The van der Waals surface area contributed by atoms with E-state index < -0.39 is 0 Å². The van der Waals surface area contributed by atoms with Gasteiger partial charge in [0.2, 0.25) is 0 Å². The summed E-state index contributed by atoms with van der Waals surface area (Å²) in [5, 5.41) is 13.4. The summed E-state index contributed by atoms with van der Waals surface area (Å²) in [5.41, 5.74) is 6.01. The van der Waals surface area contributed by atoms with Crippen LogP contribution < -0.4 is 11.1 Å². The Labute approximate surface area is 98.0 Å². The Kier molecular flexibility index (Phi) is 4.72. The highest BCUT2D eigenvalue weighted by molar-refractivity contribution is 7.99. The minimum atomic E-state index is 0.322. The first-order valence-corrected chi connectivity index (χ1v) is 6.67. The van der Waals surface area contributed by atoms with Gasteiger partial charge in [-0.25, -0.2) is 0 Å². The number of hydrogen-bond donors (Lipinski definition) is 2. The summed E-state index contributed by atoms with van der Waals surface area (Å²) in [7, 11) is 0. The predicted molar refractivity (Wildman–Crippen MR) is 67.3 cm³/mol. The molecule has 0 fully saturated rings. The van der Waals surface area contributed by atoms with E-state index in [2.05, 4.69) is 28.9 Å². The number of hydrogen-bond acceptors (Lipinski definition) is 6. The van der Waals surface area contributed by atoms with E-state index in [1.807, 2.05) is 11.8 Å². The Morgan fingerprint density at radius 3 is 3.07 bits per heavy atom. The Morgan fingerprint density at radius 1 is 1.73 bits per heavy atom. The SMILES string of the molecule is CSC(C)CCNc1snc(N)c1C#N. The fourth-order valence-electron chi connectivity index (χ4n) is 1.04. The molecule has 0 radical (unpaired) electrons. The molecular formula is C9H14N4S2. The van der Waals surface area contributed by atoms with Crippen LogP contribution in [0.1, 0.15) is 18.9 Å². The van der Waals surface area contributed by atoms with Crippen molar-refractivity contribution in [3.05, 3.63) is 5.56 Å². The maximum absolute atomic E-state index is 8.84. The van der Waals surface area contributed by atoms with Crippen molar-refractivity contribution >= 4 is 34.1 Å². The molecule has 82 valence electrons. The van der Waals surface area contributed by atoms with Crippen LogP contribution in [0.5, 0.6) is 0 Å². The zero-order valence-electron chi connectivity index (χ0n) is 8.78. The van der Waals surface area contributed by atoms with Gasteiger partial charge in [0.05, 0.1) is 0 Å². The lowest BCUT2D eigenvalue weighted by atomic mass is 10.3. The number of anilines is 2. The maximum atomic E-state index is 8.84. The molecule has 0 amide bonds. The lowest BCUT2D eigenvalue weighted by Crippen LogP contribution is -2.07. The zero-order valence-corrected chi connectivity index (χ0v) is 10.4. The second-order valence-corrected chi connectivity index (χ2v) is 5.20. The molecule has 3 N–H and O–H groups in total. The molecule has 1 rings (SSSR count). The summed E-state index contributed by atoms with van der Waals surface area (Å²) in [4.78, 5) is 0. The van der Waals surface area contributed by atoms with Gasteiger partial charge < -0.3 is 11.1 Å². The normalized spacial score (nSPS) is 12.1. The number of nitrogen functional groups attached to an aromatic ring is 1. The van der Waals surface area contributed by atoms with Gasteiger partial charge in [0.1, 0.15) is 16.6 Å². The zero-order chi connectivity index (χ0) is 11.3. The summed E-state index contributed by atoms with van der Waals surface area (Å²) < 4.78 is 3.93. The first kappa shape index (κ1) is 12.1. The van der Waals surface area contributed by atoms with Gasteiger partial charge in [-0.2, -0.15) is 21.4 Å². The topological polar surface area (TPSA) is 74.7 Å². The molecule has 1 heterocycles. The predicted octanol–water partition coefficient (Wildman–Crippen LogP) is 2.15. The third-order valence-corrected chi connectivity index (χ3v) is 3.93. The Balaban J connectivity index is 2.48. The van der Waals surface area contributed by atoms with Gasteiger partial charge in [-0.1, -0.05) is 6.92 Å². The average Bonchev–Trinajstić information content (AvgIpc) is 2.59. The van der Waals surface area contributed by atoms with Crippen molar-refractivity contribution in [2.24, 2.45) is 0 Å². The van der Waals surface area contributed by atoms with Crippen molar-refractivity contribution in [1.82, 2.24) is 4.37 Å². The highest BCUT2D eigenvalue weighted by atomic mass is 32.2. The highest BCUT2D eigenvalue weighted by Gasteiger charge is 2.10. The van der Waals surface area contributed by atoms with E-state index in [0.717, 1.165) is 18.0 Å². The van der Waals surface area contributed by atoms with E-state index >= 15 is 0 Å². The molecule has 0 saturated heterocycles. The second-order valence-electron chi connectivity index (χ2n) is 3.15. The largest absolute Gasteiger partial charge is 0.382 e. The summed E-state index contributed by atoms with van der Waals surface area (Å²) in [5.74, 6) is 0.322. The van der Waals surface area contributed by atoms with E-state index in [1.54, 1.807) is 0 Å². The lowest BCUT2D eigenvalue weighted by molar-refractivity contribution is 0.855. The Morgan fingerprint density at radius 2 is 2.47 bits per heavy atom. The molecule has 4 nitrogen and oxygen atoms in total. The molecule has 15 heavy (non-hydrogen) atoms. The number of nitrogens with one attached hydrogen (secondary N) is 1. The number of thioether (sulfide) groups is 1. The molecular weight excluding hydrogens is 228 g/mol. The van der Waals surface area contributed by atoms with Crippen molar-refractivity contribution in [2.75, 3.05) is 23.9 Å². The third-order valence-electron chi connectivity index (χ3n) is 2.07. The molecule has 1 atom stereocenters. The lowest BCUT2D eigenvalue weighted by Gasteiger charge is -2.08. The Hall–Kier alpha value is -0.930. The smallest absolute Gasteiger partial charge is 0.157 e. The van der Waals surface area contributed by atoms with Crippen molar-refractivity contribution < 1.29 is 0 Å². The first-order valence-electron chi connectivity index (χ1n) is 4.61. The average molecular weight is 242 g/mol. The van der Waals surface area contributed by atoms with E-state index in [-0.39, 0.29) is 0 Å². The first-order chi connectivity index (χ1) is 7.19. The molecule has 0 aliphatic rings. The molecule has 0 aliphatic carbocycles. The summed E-state index contributed by atoms with van der Waals surface area (Å²) in [6.45, 7) is 3.02. The molecule has 1 unspecified atom stereocenters. The number of rotatable bonds is 5. The van der Waals surface area contributed by atoms with Gasteiger partial charge in [0, 0.05) is 11.8 Å². The molecule has 0 aliphatic heterocycles. The third kappa shape index (κ3) is 3.29. The van der Waals surface area contributed by atoms with Crippen molar-refractivity contribution in [3.8, 4) is 6.07 Å². The fraction of sp³-hybridized carbons (Fsp3) is 0.556. The van der Waals surface area contributed by atoms with Crippen LogP contribution in [0.25, 0.3) is 0 Å². The van der Waals surface area contributed by atoms with Crippen LogP contribution in [0.2, 0.25) is 0 Å². The molecule has 0 saturated carbocycles. The molecule has 1 aromatic rings. The standard InChI is InChI=1S/C9H14N4S2/c1-6(14-2)3-4-12-9-7(5-10)8(11)13-15-9/h6,12H,3-4H2,1-2H3,(H2,11,13). The minimum absolute atomic E-state index is 0.322. The van der Waals surface area contributed by atoms with Gasteiger partial charge in [-0.05, 0) is 24.2 Å². The van der Waals surface area contributed by atoms with Crippen molar-refractivity contribution in [3.63, 3.8) is 0 Å². The monoisotopic (exact) mass is 242 g/mol.